The smallest absolute Gasteiger partial charge is 0.257 e. The van der Waals surface area contributed by atoms with Gasteiger partial charge in [0.05, 0.1) is 17.7 Å². The maximum atomic E-state index is 12.5. The van der Waals surface area contributed by atoms with Crippen LogP contribution in [-0.4, -0.2) is 37.6 Å². The molecule has 104 valence electrons. The summed E-state index contributed by atoms with van der Waals surface area (Å²) < 4.78 is 6.15. The van der Waals surface area contributed by atoms with Crippen LogP contribution in [0.1, 0.15) is 16.8 Å². The molecule has 1 aromatic rings. The Bertz CT molecular complexity index is 496. The molecule has 6 heteroatoms. The van der Waals surface area contributed by atoms with Crippen molar-refractivity contribution >= 4 is 40.1 Å². The summed E-state index contributed by atoms with van der Waals surface area (Å²) in [5.74, 6) is 0.926. The van der Waals surface area contributed by atoms with Gasteiger partial charge in [0.2, 0.25) is 0 Å². The van der Waals surface area contributed by atoms with Gasteiger partial charge in [0.25, 0.3) is 5.91 Å². The van der Waals surface area contributed by atoms with Crippen molar-refractivity contribution in [3.63, 3.8) is 0 Å². The minimum absolute atomic E-state index is 0.0360. The number of amides is 1. The molecule has 1 aromatic carbocycles. The number of rotatable bonds is 3. The van der Waals surface area contributed by atoms with Crippen molar-refractivity contribution in [3.05, 3.63) is 26.3 Å². The average Bonchev–Trinajstić information content (AvgIpc) is 2.89. The second-order valence-electron chi connectivity index (χ2n) is 4.61. The third-order valence-corrected chi connectivity index (χ3v) is 4.90. The number of halogens is 2. The number of ether oxygens (including phenoxy) is 1. The second kappa shape index (κ2) is 6.28. The molecule has 1 unspecified atom stereocenters. The Labute approximate surface area is 131 Å². The van der Waals surface area contributed by atoms with Crippen LogP contribution < -0.4 is 10.5 Å². The number of hydrogen-bond acceptors (Lipinski definition) is 3. The van der Waals surface area contributed by atoms with E-state index in [-0.39, 0.29) is 5.91 Å². The fraction of sp³-hybridized carbons (Fsp3) is 0.462. The number of methoxy groups -OCH3 is 1. The molecule has 1 heterocycles. The lowest BCUT2D eigenvalue weighted by Gasteiger charge is -2.18. The standard InChI is InChI=1S/C13H16ClIN2O2/c1-19-12-5-11(15)10(14)4-9(12)13(18)17-3-2-8(6-16)7-17/h4-5,8H,2-3,6-7,16H2,1H3. The first-order chi connectivity index (χ1) is 9.06. The van der Waals surface area contributed by atoms with Crippen LogP contribution in [-0.2, 0) is 0 Å². The Hall–Kier alpha value is -0.530. The minimum Gasteiger partial charge on any atom is -0.496 e. The predicted octanol–water partition coefficient (Wildman–Crippen LogP) is 2.37. The fourth-order valence-corrected chi connectivity index (χ4v) is 2.85. The van der Waals surface area contributed by atoms with Crippen molar-refractivity contribution in [3.8, 4) is 5.75 Å². The van der Waals surface area contributed by atoms with E-state index in [1.807, 2.05) is 4.90 Å². The van der Waals surface area contributed by atoms with E-state index in [2.05, 4.69) is 22.6 Å². The summed E-state index contributed by atoms with van der Waals surface area (Å²) in [6.45, 7) is 2.07. The van der Waals surface area contributed by atoms with E-state index in [0.717, 1.165) is 16.5 Å². The predicted molar refractivity (Wildman–Crippen MR) is 83.8 cm³/mol. The molecule has 2 rings (SSSR count). The van der Waals surface area contributed by atoms with Gasteiger partial charge in [-0.3, -0.25) is 4.79 Å². The highest BCUT2D eigenvalue weighted by Crippen LogP contribution is 2.30. The molecule has 4 nitrogen and oxygen atoms in total. The van der Waals surface area contributed by atoms with Gasteiger partial charge in [0.1, 0.15) is 5.75 Å². The molecule has 0 saturated carbocycles. The van der Waals surface area contributed by atoms with Crippen molar-refractivity contribution in [2.45, 2.75) is 6.42 Å². The first-order valence-electron chi connectivity index (χ1n) is 6.09. The van der Waals surface area contributed by atoms with Gasteiger partial charge in [-0.05, 0) is 53.6 Å². The number of carbonyl (C=O) groups is 1. The summed E-state index contributed by atoms with van der Waals surface area (Å²) in [5.41, 5.74) is 6.17. The van der Waals surface area contributed by atoms with E-state index in [1.165, 1.54) is 0 Å². The number of nitrogens with two attached hydrogens (primary N) is 1. The molecule has 1 aliphatic rings. The number of carbonyl (C=O) groups excluding carboxylic acids is 1. The van der Waals surface area contributed by atoms with Crippen molar-refractivity contribution in [1.82, 2.24) is 4.90 Å². The maximum Gasteiger partial charge on any atom is 0.257 e. The third-order valence-electron chi connectivity index (χ3n) is 3.38. The zero-order valence-corrected chi connectivity index (χ0v) is 13.6. The molecule has 0 bridgehead atoms. The molecular formula is C13H16ClIN2O2. The highest BCUT2D eigenvalue weighted by Gasteiger charge is 2.28. The molecule has 1 atom stereocenters. The number of hydrogen-bond donors (Lipinski definition) is 1. The van der Waals surface area contributed by atoms with Gasteiger partial charge >= 0.3 is 0 Å². The van der Waals surface area contributed by atoms with Gasteiger partial charge in [0.15, 0.2) is 0 Å². The van der Waals surface area contributed by atoms with Gasteiger partial charge in [-0.25, -0.2) is 0 Å². The third kappa shape index (κ3) is 3.14. The van der Waals surface area contributed by atoms with Gasteiger partial charge in [0, 0.05) is 16.7 Å². The lowest BCUT2D eigenvalue weighted by molar-refractivity contribution is 0.0784. The molecule has 0 spiro atoms. The molecule has 0 aliphatic carbocycles. The number of nitrogens with zero attached hydrogens (tertiary/aromatic N) is 1. The van der Waals surface area contributed by atoms with Crippen LogP contribution in [0, 0.1) is 9.49 Å². The first-order valence-corrected chi connectivity index (χ1v) is 7.54. The number of benzene rings is 1. The molecule has 19 heavy (non-hydrogen) atoms. The molecule has 1 fully saturated rings. The van der Waals surface area contributed by atoms with E-state index < -0.39 is 0 Å². The van der Waals surface area contributed by atoms with Crippen LogP contribution in [0.5, 0.6) is 5.75 Å². The molecule has 1 amide bonds. The van der Waals surface area contributed by atoms with Crippen LogP contribution in [0.25, 0.3) is 0 Å². The fourth-order valence-electron chi connectivity index (χ4n) is 2.24. The van der Waals surface area contributed by atoms with Crippen LogP contribution in [0.2, 0.25) is 5.02 Å². The molecular weight excluding hydrogens is 379 g/mol. The van der Waals surface area contributed by atoms with E-state index in [0.29, 0.717) is 35.3 Å². The molecule has 0 radical (unpaired) electrons. The van der Waals surface area contributed by atoms with Gasteiger partial charge in [-0.1, -0.05) is 11.6 Å². The normalized spacial score (nSPS) is 18.7. The Morgan fingerprint density at radius 2 is 2.37 bits per heavy atom. The summed E-state index contributed by atoms with van der Waals surface area (Å²) in [7, 11) is 1.56. The molecule has 1 aliphatic heterocycles. The zero-order chi connectivity index (χ0) is 14.0. The van der Waals surface area contributed by atoms with Gasteiger partial charge in [-0.2, -0.15) is 0 Å². The van der Waals surface area contributed by atoms with Crippen molar-refractivity contribution in [2.75, 3.05) is 26.7 Å². The highest BCUT2D eigenvalue weighted by atomic mass is 127. The minimum atomic E-state index is -0.0360. The molecule has 2 N–H and O–H groups in total. The zero-order valence-electron chi connectivity index (χ0n) is 10.7. The lowest BCUT2D eigenvalue weighted by Crippen LogP contribution is -2.30. The van der Waals surface area contributed by atoms with E-state index in [4.69, 9.17) is 22.1 Å². The van der Waals surface area contributed by atoms with Crippen molar-refractivity contribution < 1.29 is 9.53 Å². The van der Waals surface area contributed by atoms with E-state index in [1.54, 1.807) is 19.2 Å². The second-order valence-corrected chi connectivity index (χ2v) is 6.18. The SMILES string of the molecule is COc1cc(I)c(Cl)cc1C(=O)N1CCC(CN)C1. The number of likely N-dealkylation sites (tertiary alicyclic amines) is 1. The van der Waals surface area contributed by atoms with Crippen LogP contribution in [0.15, 0.2) is 12.1 Å². The molecule has 1 saturated heterocycles. The van der Waals surface area contributed by atoms with Gasteiger partial charge < -0.3 is 15.4 Å². The molecule has 0 aromatic heterocycles. The largest absolute Gasteiger partial charge is 0.496 e. The topological polar surface area (TPSA) is 55.6 Å². The van der Waals surface area contributed by atoms with Crippen LogP contribution in [0.3, 0.4) is 0 Å². The summed E-state index contributed by atoms with van der Waals surface area (Å²) in [4.78, 5) is 14.3. The highest BCUT2D eigenvalue weighted by molar-refractivity contribution is 14.1. The van der Waals surface area contributed by atoms with E-state index in [9.17, 15) is 4.79 Å². The summed E-state index contributed by atoms with van der Waals surface area (Å²) >= 11 is 8.21. The first kappa shape index (κ1) is 14.9. The summed E-state index contributed by atoms with van der Waals surface area (Å²) in [5, 5.41) is 0.569. The van der Waals surface area contributed by atoms with Crippen LogP contribution >= 0.6 is 34.2 Å². The maximum absolute atomic E-state index is 12.5. The van der Waals surface area contributed by atoms with Gasteiger partial charge in [-0.15, -0.1) is 0 Å². The average molecular weight is 395 g/mol. The Morgan fingerprint density at radius 3 is 2.95 bits per heavy atom. The van der Waals surface area contributed by atoms with Crippen molar-refractivity contribution in [2.24, 2.45) is 11.7 Å². The monoisotopic (exact) mass is 394 g/mol. The van der Waals surface area contributed by atoms with Crippen molar-refractivity contribution in [1.29, 1.82) is 0 Å². The van der Waals surface area contributed by atoms with Crippen LogP contribution in [0.4, 0.5) is 0 Å². The Kier molecular flexibility index (Phi) is 4.92. The van der Waals surface area contributed by atoms with E-state index >= 15 is 0 Å². The summed E-state index contributed by atoms with van der Waals surface area (Å²) in [6, 6.07) is 3.47. The lowest BCUT2D eigenvalue weighted by atomic mass is 10.1. The quantitative estimate of drug-likeness (QED) is 0.801. The Balaban J connectivity index is 2.26. The Morgan fingerprint density at radius 1 is 1.63 bits per heavy atom. The summed E-state index contributed by atoms with van der Waals surface area (Å²) in [6.07, 6.45) is 0.961.